The summed E-state index contributed by atoms with van der Waals surface area (Å²) < 4.78 is 10.4. The second kappa shape index (κ2) is 7.00. The fraction of sp³-hybridized carbons (Fsp3) is 0.118. The quantitative estimate of drug-likeness (QED) is 0.517. The number of carbonyl (C=O) groups excluding carboxylic acids is 1. The summed E-state index contributed by atoms with van der Waals surface area (Å²) in [4.78, 5) is 12.2. The maximum Gasteiger partial charge on any atom is 0.187 e. The summed E-state index contributed by atoms with van der Waals surface area (Å²) in [5, 5.41) is 0.390. The highest BCUT2D eigenvalue weighted by Gasteiger charge is 2.10. The predicted molar refractivity (Wildman–Crippen MR) is 88.8 cm³/mol. The Kier molecular flexibility index (Phi) is 5.07. The van der Waals surface area contributed by atoms with Crippen molar-refractivity contribution in [3.63, 3.8) is 0 Å². The minimum absolute atomic E-state index is 0.175. The first-order valence-corrected chi connectivity index (χ1v) is 6.93. The van der Waals surface area contributed by atoms with E-state index in [9.17, 15) is 4.79 Å². The van der Waals surface area contributed by atoms with E-state index in [2.05, 4.69) is 0 Å². The summed E-state index contributed by atoms with van der Waals surface area (Å²) in [7, 11) is 3.04. The van der Waals surface area contributed by atoms with Gasteiger partial charge in [0.2, 0.25) is 0 Å². The third-order valence-electron chi connectivity index (χ3n) is 3.12. The molecule has 2 aromatic carbocycles. The van der Waals surface area contributed by atoms with Gasteiger partial charge < -0.3 is 15.2 Å². The van der Waals surface area contributed by atoms with E-state index in [0.717, 1.165) is 5.56 Å². The van der Waals surface area contributed by atoms with Gasteiger partial charge >= 0.3 is 0 Å². The van der Waals surface area contributed by atoms with E-state index >= 15 is 0 Å². The lowest BCUT2D eigenvalue weighted by atomic mass is 10.1. The number of nitrogen functional groups attached to an aromatic ring is 1. The number of ether oxygens (including phenoxy) is 2. The van der Waals surface area contributed by atoms with Gasteiger partial charge in [0.15, 0.2) is 5.78 Å². The van der Waals surface area contributed by atoms with Gasteiger partial charge in [-0.05, 0) is 35.9 Å². The molecule has 22 heavy (non-hydrogen) atoms. The van der Waals surface area contributed by atoms with Gasteiger partial charge in [0.05, 0.1) is 14.2 Å². The SMILES string of the molecule is COc1cc(/C=C/C(=O)c2ccccc2N)cc(OC)c1Cl. The molecule has 0 aliphatic heterocycles. The minimum atomic E-state index is -0.175. The van der Waals surface area contributed by atoms with Crippen molar-refractivity contribution in [1.82, 2.24) is 0 Å². The number of carbonyl (C=O) groups is 1. The van der Waals surface area contributed by atoms with Crippen LogP contribution in [0, 0.1) is 0 Å². The molecule has 0 atom stereocenters. The van der Waals surface area contributed by atoms with Gasteiger partial charge in [0, 0.05) is 11.3 Å². The second-order valence-corrected chi connectivity index (χ2v) is 4.90. The van der Waals surface area contributed by atoms with Crippen LogP contribution in [0.3, 0.4) is 0 Å². The number of allylic oxidation sites excluding steroid dienone is 1. The van der Waals surface area contributed by atoms with Gasteiger partial charge in [0.1, 0.15) is 16.5 Å². The van der Waals surface area contributed by atoms with Crippen molar-refractivity contribution in [2.45, 2.75) is 0 Å². The van der Waals surface area contributed by atoms with Crippen LogP contribution in [0.1, 0.15) is 15.9 Å². The van der Waals surface area contributed by atoms with Crippen molar-refractivity contribution in [1.29, 1.82) is 0 Å². The van der Waals surface area contributed by atoms with Gasteiger partial charge in [0.25, 0.3) is 0 Å². The third kappa shape index (κ3) is 3.40. The van der Waals surface area contributed by atoms with Crippen LogP contribution in [0.15, 0.2) is 42.5 Å². The molecule has 4 nitrogen and oxygen atoms in total. The van der Waals surface area contributed by atoms with Crippen molar-refractivity contribution in [3.8, 4) is 11.5 Å². The summed E-state index contributed by atoms with van der Waals surface area (Å²) in [6.07, 6.45) is 3.12. The van der Waals surface area contributed by atoms with Gasteiger partial charge in [-0.1, -0.05) is 29.8 Å². The fourth-order valence-electron chi connectivity index (χ4n) is 1.97. The number of rotatable bonds is 5. The molecule has 114 valence electrons. The molecule has 0 unspecified atom stereocenters. The van der Waals surface area contributed by atoms with Crippen LogP contribution in [-0.4, -0.2) is 20.0 Å². The van der Waals surface area contributed by atoms with Crippen molar-refractivity contribution < 1.29 is 14.3 Å². The molecular weight excluding hydrogens is 302 g/mol. The average molecular weight is 318 g/mol. The van der Waals surface area contributed by atoms with Crippen molar-refractivity contribution >= 4 is 29.1 Å². The maximum absolute atomic E-state index is 12.2. The average Bonchev–Trinajstić information content (AvgIpc) is 2.54. The molecule has 0 radical (unpaired) electrons. The Balaban J connectivity index is 2.30. The van der Waals surface area contributed by atoms with E-state index in [1.54, 1.807) is 42.5 Å². The molecule has 2 rings (SSSR count). The Bertz CT molecular complexity index is 701. The summed E-state index contributed by atoms with van der Waals surface area (Å²) >= 11 is 6.10. The molecule has 0 saturated heterocycles. The summed E-state index contributed by atoms with van der Waals surface area (Å²) in [5.41, 5.74) is 7.44. The Morgan fingerprint density at radius 1 is 1.14 bits per heavy atom. The fourth-order valence-corrected chi connectivity index (χ4v) is 2.23. The van der Waals surface area contributed by atoms with Crippen LogP contribution in [0.5, 0.6) is 11.5 Å². The number of anilines is 1. The number of nitrogens with two attached hydrogens (primary N) is 1. The number of hydrogen-bond donors (Lipinski definition) is 1. The van der Waals surface area contributed by atoms with Gasteiger partial charge in [-0.2, -0.15) is 0 Å². The van der Waals surface area contributed by atoms with E-state index in [4.69, 9.17) is 26.8 Å². The van der Waals surface area contributed by atoms with E-state index in [0.29, 0.717) is 27.8 Å². The highest BCUT2D eigenvalue weighted by atomic mass is 35.5. The molecule has 0 aliphatic rings. The first-order chi connectivity index (χ1) is 10.6. The number of methoxy groups -OCH3 is 2. The minimum Gasteiger partial charge on any atom is -0.495 e. The zero-order valence-corrected chi connectivity index (χ0v) is 13.1. The maximum atomic E-state index is 12.2. The lowest BCUT2D eigenvalue weighted by molar-refractivity contribution is 0.104. The van der Waals surface area contributed by atoms with E-state index in [-0.39, 0.29) is 5.78 Å². The topological polar surface area (TPSA) is 61.5 Å². The molecule has 0 fully saturated rings. The molecule has 2 N–H and O–H groups in total. The number of halogens is 1. The van der Waals surface area contributed by atoms with Crippen molar-refractivity contribution in [2.24, 2.45) is 0 Å². The Labute approximate surface area is 134 Å². The summed E-state index contributed by atoms with van der Waals surface area (Å²) in [6, 6.07) is 10.4. The predicted octanol–water partition coefficient (Wildman–Crippen LogP) is 3.84. The smallest absolute Gasteiger partial charge is 0.187 e. The molecule has 0 bridgehead atoms. The number of para-hydroxylation sites is 1. The normalized spacial score (nSPS) is 10.7. The van der Waals surface area contributed by atoms with E-state index < -0.39 is 0 Å². The van der Waals surface area contributed by atoms with E-state index in [1.165, 1.54) is 20.3 Å². The zero-order valence-electron chi connectivity index (χ0n) is 12.3. The molecule has 0 heterocycles. The van der Waals surface area contributed by atoms with Crippen LogP contribution >= 0.6 is 11.6 Å². The largest absolute Gasteiger partial charge is 0.495 e. The molecule has 0 aliphatic carbocycles. The molecule has 0 amide bonds. The Morgan fingerprint density at radius 2 is 1.73 bits per heavy atom. The van der Waals surface area contributed by atoms with Crippen molar-refractivity contribution in [3.05, 3.63) is 58.6 Å². The van der Waals surface area contributed by atoms with Crippen LogP contribution in [0.25, 0.3) is 6.08 Å². The van der Waals surface area contributed by atoms with Gasteiger partial charge in [-0.15, -0.1) is 0 Å². The van der Waals surface area contributed by atoms with Crippen LogP contribution in [-0.2, 0) is 0 Å². The van der Waals surface area contributed by atoms with Crippen molar-refractivity contribution in [2.75, 3.05) is 20.0 Å². The van der Waals surface area contributed by atoms with Crippen LogP contribution in [0.4, 0.5) is 5.69 Å². The van der Waals surface area contributed by atoms with Gasteiger partial charge in [-0.25, -0.2) is 0 Å². The van der Waals surface area contributed by atoms with E-state index in [1.807, 2.05) is 0 Å². The molecule has 0 aromatic heterocycles. The first kappa shape index (κ1) is 15.9. The van der Waals surface area contributed by atoms with Crippen LogP contribution in [0.2, 0.25) is 5.02 Å². The number of hydrogen-bond acceptors (Lipinski definition) is 4. The van der Waals surface area contributed by atoms with Gasteiger partial charge in [-0.3, -0.25) is 4.79 Å². The molecule has 5 heteroatoms. The van der Waals surface area contributed by atoms with Crippen LogP contribution < -0.4 is 15.2 Å². The Morgan fingerprint density at radius 3 is 2.27 bits per heavy atom. The molecule has 0 saturated carbocycles. The Hall–Kier alpha value is -2.46. The summed E-state index contributed by atoms with van der Waals surface area (Å²) in [5.74, 6) is 0.783. The molecule has 0 spiro atoms. The zero-order chi connectivity index (χ0) is 16.1. The molecule has 2 aromatic rings. The lowest BCUT2D eigenvalue weighted by Crippen LogP contribution is -2.00. The monoisotopic (exact) mass is 317 g/mol. The third-order valence-corrected chi connectivity index (χ3v) is 3.49. The highest BCUT2D eigenvalue weighted by Crippen LogP contribution is 2.35. The standard InChI is InChI=1S/C17H16ClNO3/c1-21-15-9-11(10-16(22-2)17(15)18)7-8-14(20)12-5-3-4-6-13(12)19/h3-10H,19H2,1-2H3/b8-7+. The summed E-state index contributed by atoms with van der Waals surface area (Å²) in [6.45, 7) is 0. The number of benzene rings is 2. The second-order valence-electron chi connectivity index (χ2n) is 4.52. The molecular formula is C17H16ClNO3. The number of ketones is 1. The highest BCUT2D eigenvalue weighted by molar-refractivity contribution is 6.33. The lowest BCUT2D eigenvalue weighted by Gasteiger charge is -2.09. The first-order valence-electron chi connectivity index (χ1n) is 6.55.